The summed E-state index contributed by atoms with van der Waals surface area (Å²) in [5.41, 5.74) is 0. The van der Waals surface area contributed by atoms with Gasteiger partial charge in [0.05, 0.1) is 6.42 Å². The van der Waals surface area contributed by atoms with Crippen LogP contribution in [0.3, 0.4) is 0 Å². The fourth-order valence-corrected chi connectivity index (χ4v) is 1.72. The smallest absolute Gasteiger partial charge is 0.305 e. The fraction of sp³-hybridized carbons (Fsp3) is 0.429. The monoisotopic (exact) mass is 220 g/mol. The summed E-state index contributed by atoms with van der Waals surface area (Å²) in [6.45, 7) is 0.444. The molecule has 1 aromatic heterocycles. The Hall–Kier alpha value is -0.810. The lowest BCUT2D eigenvalue weighted by molar-refractivity contribution is -0.136. The maximum absolute atomic E-state index is 10.3. The van der Waals surface area contributed by atoms with E-state index < -0.39 is 5.97 Å². The lowest BCUT2D eigenvalue weighted by Gasteiger charge is -2.13. The molecule has 0 fully saturated rings. The molecule has 0 aliphatic carbocycles. The predicted octanol–water partition coefficient (Wildman–Crippen LogP) is 1.71. The predicted molar refractivity (Wildman–Crippen MR) is 52.6 cm³/mol. The average molecular weight is 221 g/mol. The van der Waals surface area contributed by atoms with E-state index >= 15 is 0 Å². The van der Waals surface area contributed by atoms with Crippen LogP contribution in [0.4, 0.5) is 5.13 Å². The first-order valence-corrected chi connectivity index (χ1v) is 4.89. The maximum atomic E-state index is 10.3. The van der Waals surface area contributed by atoms with Crippen LogP contribution in [-0.2, 0) is 4.79 Å². The van der Waals surface area contributed by atoms with Crippen LogP contribution in [0.1, 0.15) is 6.42 Å². The molecule has 0 atom stereocenters. The number of carboxylic acids is 1. The quantitative estimate of drug-likeness (QED) is 0.840. The number of thiazole rings is 1. The molecule has 1 N–H and O–H groups in total. The Morgan fingerprint density at radius 1 is 1.85 bits per heavy atom. The maximum Gasteiger partial charge on any atom is 0.305 e. The summed E-state index contributed by atoms with van der Waals surface area (Å²) in [5.74, 6) is -0.811. The summed E-state index contributed by atoms with van der Waals surface area (Å²) < 4.78 is 0. The van der Waals surface area contributed by atoms with Gasteiger partial charge in [0.1, 0.15) is 5.15 Å². The molecule has 6 heteroatoms. The third-order valence-corrected chi connectivity index (χ3v) is 2.73. The van der Waals surface area contributed by atoms with E-state index in [0.717, 1.165) is 5.13 Å². The van der Waals surface area contributed by atoms with Crippen molar-refractivity contribution < 1.29 is 9.90 Å². The van der Waals surface area contributed by atoms with E-state index in [1.807, 2.05) is 0 Å². The van der Waals surface area contributed by atoms with Crippen molar-refractivity contribution in [2.45, 2.75) is 6.42 Å². The fourth-order valence-electron chi connectivity index (χ4n) is 0.780. The minimum Gasteiger partial charge on any atom is -0.481 e. The summed E-state index contributed by atoms with van der Waals surface area (Å²) >= 11 is 7.02. The molecular formula is C7H9ClN2O2S. The molecule has 4 nitrogen and oxygen atoms in total. The zero-order valence-corrected chi connectivity index (χ0v) is 8.60. The van der Waals surface area contributed by atoms with Gasteiger partial charge in [0.2, 0.25) is 0 Å². The zero-order valence-electron chi connectivity index (χ0n) is 7.03. The standard InChI is InChI=1S/C7H9ClN2O2S/c1-10(3-2-6(11)12)7-9-5(8)4-13-7/h4H,2-3H2,1H3,(H,11,12). The molecule has 13 heavy (non-hydrogen) atoms. The third-order valence-electron chi connectivity index (χ3n) is 1.45. The highest BCUT2D eigenvalue weighted by Crippen LogP contribution is 2.21. The lowest BCUT2D eigenvalue weighted by Crippen LogP contribution is -2.20. The Kier molecular flexibility index (Phi) is 3.50. The molecule has 0 saturated carbocycles. The second-order valence-electron chi connectivity index (χ2n) is 2.52. The molecule has 1 rings (SSSR count). The lowest BCUT2D eigenvalue weighted by atomic mass is 10.4. The Bertz CT molecular complexity index is 302. The molecule has 0 radical (unpaired) electrons. The first-order valence-electron chi connectivity index (χ1n) is 3.63. The minimum absolute atomic E-state index is 0.105. The van der Waals surface area contributed by atoms with Crippen LogP contribution in [0.15, 0.2) is 5.38 Å². The van der Waals surface area contributed by atoms with Crippen LogP contribution >= 0.6 is 22.9 Å². The molecule has 0 aliphatic heterocycles. The number of hydrogen-bond acceptors (Lipinski definition) is 4. The Morgan fingerprint density at radius 2 is 2.54 bits per heavy atom. The van der Waals surface area contributed by atoms with Gasteiger partial charge in [-0.05, 0) is 0 Å². The highest BCUT2D eigenvalue weighted by molar-refractivity contribution is 7.14. The molecule has 0 saturated heterocycles. The number of aromatic nitrogens is 1. The Balaban J connectivity index is 2.48. The van der Waals surface area contributed by atoms with Gasteiger partial charge in [-0.2, -0.15) is 0 Å². The van der Waals surface area contributed by atoms with E-state index in [1.54, 1.807) is 17.3 Å². The van der Waals surface area contributed by atoms with Crippen LogP contribution < -0.4 is 4.90 Å². The van der Waals surface area contributed by atoms with E-state index in [4.69, 9.17) is 16.7 Å². The van der Waals surface area contributed by atoms with Gasteiger partial charge in [-0.15, -0.1) is 11.3 Å². The summed E-state index contributed by atoms with van der Waals surface area (Å²) in [6, 6.07) is 0. The number of carbonyl (C=O) groups is 1. The van der Waals surface area contributed by atoms with Crippen molar-refractivity contribution in [2.24, 2.45) is 0 Å². The van der Waals surface area contributed by atoms with Crippen LogP contribution in [-0.4, -0.2) is 29.7 Å². The van der Waals surface area contributed by atoms with E-state index in [9.17, 15) is 4.79 Å². The molecule has 0 aliphatic rings. The summed E-state index contributed by atoms with van der Waals surface area (Å²) in [6.07, 6.45) is 0.105. The van der Waals surface area contributed by atoms with Gasteiger partial charge in [0.25, 0.3) is 0 Å². The molecule has 0 bridgehead atoms. The molecular weight excluding hydrogens is 212 g/mol. The highest BCUT2D eigenvalue weighted by Gasteiger charge is 2.07. The third kappa shape index (κ3) is 3.20. The summed E-state index contributed by atoms with van der Waals surface area (Å²) in [4.78, 5) is 16.0. The molecule has 0 unspecified atom stereocenters. The number of carboxylic acid groups (broad SMARTS) is 1. The van der Waals surface area contributed by atoms with Gasteiger partial charge >= 0.3 is 5.97 Å². The largest absolute Gasteiger partial charge is 0.481 e. The van der Waals surface area contributed by atoms with Crippen molar-refractivity contribution >= 4 is 34.0 Å². The normalized spacial score (nSPS) is 10.0. The van der Waals surface area contributed by atoms with Crippen LogP contribution in [0.2, 0.25) is 5.15 Å². The molecule has 0 spiro atoms. The summed E-state index contributed by atoms with van der Waals surface area (Å²) in [5, 5.41) is 11.3. The summed E-state index contributed by atoms with van der Waals surface area (Å²) in [7, 11) is 1.79. The molecule has 0 aromatic carbocycles. The Labute approximate surface area is 84.8 Å². The van der Waals surface area contributed by atoms with Crippen LogP contribution in [0.25, 0.3) is 0 Å². The van der Waals surface area contributed by atoms with Crippen molar-refractivity contribution in [3.8, 4) is 0 Å². The minimum atomic E-state index is -0.811. The van der Waals surface area contributed by atoms with E-state index in [2.05, 4.69) is 4.98 Å². The number of rotatable bonds is 4. The van der Waals surface area contributed by atoms with Gasteiger partial charge in [-0.1, -0.05) is 11.6 Å². The molecule has 72 valence electrons. The molecule has 1 aromatic rings. The van der Waals surface area contributed by atoms with Crippen molar-refractivity contribution in [1.29, 1.82) is 0 Å². The molecule has 0 amide bonds. The van der Waals surface area contributed by atoms with E-state index in [-0.39, 0.29) is 6.42 Å². The van der Waals surface area contributed by atoms with Crippen molar-refractivity contribution in [2.75, 3.05) is 18.5 Å². The molecule has 1 heterocycles. The van der Waals surface area contributed by atoms with Crippen molar-refractivity contribution in [3.05, 3.63) is 10.5 Å². The van der Waals surface area contributed by atoms with Gasteiger partial charge in [0, 0.05) is 19.0 Å². The van der Waals surface area contributed by atoms with Crippen molar-refractivity contribution in [1.82, 2.24) is 4.98 Å². The highest BCUT2D eigenvalue weighted by atomic mass is 35.5. The Morgan fingerprint density at radius 3 is 3.00 bits per heavy atom. The number of aliphatic carboxylic acids is 1. The first-order chi connectivity index (χ1) is 6.09. The van der Waals surface area contributed by atoms with Crippen molar-refractivity contribution in [3.63, 3.8) is 0 Å². The number of halogens is 1. The first kappa shape index (κ1) is 10.3. The number of hydrogen-bond donors (Lipinski definition) is 1. The van der Waals surface area contributed by atoms with Crippen LogP contribution in [0.5, 0.6) is 0 Å². The van der Waals surface area contributed by atoms with E-state index in [1.165, 1.54) is 11.3 Å². The van der Waals surface area contributed by atoms with Crippen LogP contribution in [0, 0.1) is 0 Å². The van der Waals surface area contributed by atoms with E-state index in [0.29, 0.717) is 11.7 Å². The van der Waals surface area contributed by atoms with Gasteiger partial charge in [-0.3, -0.25) is 4.79 Å². The second-order valence-corrected chi connectivity index (χ2v) is 3.74. The SMILES string of the molecule is CN(CCC(=O)O)c1nc(Cl)cs1. The zero-order chi connectivity index (χ0) is 9.84. The average Bonchev–Trinajstić information content (AvgIpc) is 2.47. The number of anilines is 1. The number of nitrogens with zero attached hydrogens (tertiary/aromatic N) is 2. The topological polar surface area (TPSA) is 53.4 Å². The van der Waals surface area contributed by atoms with Gasteiger partial charge in [0.15, 0.2) is 5.13 Å². The second kappa shape index (κ2) is 4.43. The van der Waals surface area contributed by atoms with Gasteiger partial charge in [-0.25, -0.2) is 4.98 Å². The van der Waals surface area contributed by atoms with Gasteiger partial charge < -0.3 is 10.0 Å².